The van der Waals surface area contributed by atoms with Gasteiger partial charge < -0.3 is 26.0 Å². The molecule has 0 saturated heterocycles. The number of benzene rings is 1. The lowest BCUT2D eigenvalue weighted by Crippen LogP contribution is -2.25. The Morgan fingerprint density at radius 1 is 1.26 bits per heavy atom. The first-order valence-electron chi connectivity index (χ1n) is 7.59. The van der Waals surface area contributed by atoms with E-state index in [1.807, 2.05) is 24.3 Å². The summed E-state index contributed by atoms with van der Waals surface area (Å²) in [4.78, 5) is 0. The van der Waals surface area contributed by atoms with Crippen molar-refractivity contribution in [3.63, 3.8) is 0 Å². The number of ether oxygens (including phenoxy) is 1. The number of nitrogens with two attached hydrogens (primary N) is 1. The van der Waals surface area contributed by atoms with Gasteiger partial charge in [0.25, 0.3) is 0 Å². The van der Waals surface area contributed by atoms with Crippen molar-refractivity contribution in [3.8, 4) is 0 Å². The van der Waals surface area contributed by atoms with Crippen LogP contribution in [0, 0.1) is 5.41 Å². The maximum absolute atomic E-state index is 9.11. The molecule has 0 aromatic heterocycles. The summed E-state index contributed by atoms with van der Waals surface area (Å²) < 4.78 is 5.59. The smallest absolute Gasteiger partial charge is 0.122 e. The highest BCUT2D eigenvalue weighted by Crippen LogP contribution is 2.24. The van der Waals surface area contributed by atoms with E-state index < -0.39 is 0 Å². The third kappa shape index (κ3) is 4.84. The van der Waals surface area contributed by atoms with Gasteiger partial charge in [-0.3, -0.25) is 5.41 Å². The number of allylic oxidation sites excluding steroid dienone is 1. The molecule has 0 spiro atoms. The minimum atomic E-state index is -0.153. The van der Waals surface area contributed by atoms with Gasteiger partial charge in [0.2, 0.25) is 0 Å². The Morgan fingerprint density at radius 3 is 2.61 bits per heavy atom. The number of nitrogen functional groups attached to an aromatic ring is 1. The zero-order valence-corrected chi connectivity index (χ0v) is 13.0. The lowest BCUT2D eigenvalue weighted by Gasteiger charge is -2.25. The highest BCUT2D eigenvalue weighted by Gasteiger charge is 2.18. The summed E-state index contributed by atoms with van der Waals surface area (Å²) >= 11 is 0. The van der Waals surface area contributed by atoms with Crippen LogP contribution < -0.4 is 11.1 Å². The number of amidine groups is 1. The fraction of sp³-hybridized carbons (Fsp3) is 0.353. The van der Waals surface area contributed by atoms with Crippen LogP contribution in [0.15, 0.2) is 47.7 Å². The van der Waals surface area contributed by atoms with Crippen LogP contribution in [0.4, 0.5) is 5.69 Å². The molecule has 0 heterocycles. The van der Waals surface area contributed by atoms with E-state index in [4.69, 9.17) is 26.1 Å². The fourth-order valence-corrected chi connectivity index (χ4v) is 2.42. The first kappa shape index (κ1) is 17.1. The quantitative estimate of drug-likeness (QED) is 0.282. The molecule has 1 aliphatic carbocycles. The van der Waals surface area contributed by atoms with Crippen molar-refractivity contribution < 1.29 is 14.9 Å². The molecule has 0 fully saturated rings. The van der Waals surface area contributed by atoms with Crippen LogP contribution in [0.25, 0.3) is 0 Å². The van der Waals surface area contributed by atoms with E-state index in [2.05, 4.69) is 5.32 Å². The van der Waals surface area contributed by atoms with Crippen LogP contribution in [0.2, 0.25) is 0 Å². The Bertz CT molecular complexity index is 594. The van der Waals surface area contributed by atoms with Crippen LogP contribution in [-0.4, -0.2) is 41.9 Å². The molecular formula is C17H23N3O3. The molecule has 6 heteroatoms. The van der Waals surface area contributed by atoms with Crippen LogP contribution in [0.5, 0.6) is 0 Å². The average molecular weight is 317 g/mol. The summed E-state index contributed by atoms with van der Waals surface area (Å²) in [5.41, 5.74) is 8.14. The molecule has 1 aromatic carbocycles. The lowest BCUT2D eigenvalue weighted by molar-refractivity contribution is 0.138. The zero-order valence-electron chi connectivity index (χ0n) is 13.0. The van der Waals surface area contributed by atoms with Crippen LogP contribution in [0.1, 0.15) is 18.4 Å². The molecule has 0 radical (unpaired) electrons. The second-order valence-corrected chi connectivity index (χ2v) is 5.29. The van der Waals surface area contributed by atoms with Gasteiger partial charge in [0.1, 0.15) is 24.2 Å². The first-order chi connectivity index (χ1) is 11.1. The van der Waals surface area contributed by atoms with E-state index in [1.165, 1.54) is 0 Å². The Balaban J connectivity index is 2.12. The van der Waals surface area contributed by atoms with Gasteiger partial charge in [-0.05, 0) is 43.2 Å². The van der Waals surface area contributed by atoms with E-state index >= 15 is 0 Å². The molecule has 124 valence electrons. The van der Waals surface area contributed by atoms with Gasteiger partial charge in [0, 0.05) is 17.9 Å². The molecule has 1 aromatic rings. The predicted molar refractivity (Wildman–Crippen MR) is 90.4 cm³/mol. The minimum absolute atomic E-state index is 0.0335. The number of hydrogen-bond donors (Lipinski definition) is 5. The molecule has 6 nitrogen and oxygen atoms in total. The van der Waals surface area contributed by atoms with Crippen molar-refractivity contribution in [3.05, 3.63) is 53.3 Å². The molecule has 0 bridgehead atoms. The SMILES string of the molecule is N=C(N)c1ccc(NC2C=C(CCO)CC=C2OCCO)cc1. The van der Waals surface area contributed by atoms with Crippen molar-refractivity contribution in [1.29, 1.82) is 5.41 Å². The zero-order chi connectivity index (χ0) is 16.7. The largest absolute Gasteiger partial charge is 0.493 e. The van der Waals surface area contributed by atoms with Crippen LogP contribution >= 0.6 is 0 Å². The second-order valence-electron chi connectivity index (χ2n) is 5.29. The highest BCUT2D eigenvalue weighted by atomic mass is 16.5. The van der Waals surface area contributed by atoms with E-state index in [0.29, 0.717) is 12.0 Å². The van der Waals surface area contributed by atoms with Gasteiger partial charge in [-0.15, -0.1) is 0 Å². The molecule has 0 aliphatic heterocycles. The normalized spacial score (nSPS) is 17.2. The lowest BCUT2D eigenvalue weighted by atomic mass is 9.98. The van der Waals surface area contributed by atoms with E-state index in [0.717, 1.165) is 23.4 Å². The fourth-order valence-electron chi connectivity index (χ4n) is 2.42. The van der Waals surface area contributed by atoms with Crippen LogP contribution in [-0.2, 0) is 4.74 Å². The van der Waals surface area contributed by atoms with Gasteiger partial charge >= 0.3 is 0 Å². The Hall–Kier alpha value is -2.31. The van der Waals surface area contributed by atoms with Gasteiger partial charge in [-0.25, -0.2) is 0 Å². The maximum atomic E-state index is 9.11. The third-order valence-electron chi connectivity index (χ3n) is 3.59. The number of rotatable bonds is 8. The topological polar surface area (TPSA) is 112 Å². The van der Waals surface area contributed by atoms with Crippen LogP contribution in [0.3, 0.4) is 0 Å². The Kier molecular flexibility index (Phi) is 6.19. The van der Waals surface area contributed by atoms with E-state index in [-0.39, 0.29) is 31.7 Å². The number of hydrogen-bond acceptors (Lipinski definition) is 5. The molecule has 1 unspecified atom stereocenters. The Labute approximate surface area is 135 Å². The van der Waals surface area contributed by atoms with Crippen molar-refractivity contribution in [1.82, 2.24) is 0 Å². The molecular weight excluding hydrogens is 294 g/mol. The standard InChI is InChI=1S/C17H23N3O3/c18-17(19)13-2-4-14(5-3-13)20-15-11-12(7-8-21)1-6-16(15)23-10-9-22/h2-6,11,15,20-22H,1,7-10H2,(H3,18,19). The highest BCUT2D eigenvalue weighted by molar-refractivity contribution is 5.95. The average Bonchev–Trinajstić information content (AvgIpc) is 2.55. The number of nitrogens with one attached hydrogen (secondary N) is 2. The summed E-state index contributed by atoms with van der Waals surface area (Å²) in [6.07, 6.45) is 5.39. The summed E-state index contributed by atoms with van der Waals surface area (Å²) in [6, 6.07) is 7.12. The van der Waals surface area contributed by atoms with E-state index in [9.17, 15) is 0 Å². The van der Waals surface area contributed by atoms with Gasteiger partial charge in [0.05, 0.1) is 6.61 Å². The first-order valence-corrected chi connectivity index (χ1v) is 7.59. The summed E-state index contributed by atoms with van der Waals surface area (Å²) in [5.74, 6) is 0.794. The Morgan fingerprint density at radius 2 is 2.00 bits per heavy atom. The van der Waals surface area contributed by atoms with Gasteiger partial charge in [0.15, 0.2) is 0 Å². The molecule has 6 N–H and O–H groups in total. The molecule has 1 aliphatic rings. The molecule has 1 atom stereocenters. The van der Waals surface area contributed by atoms with E-state index in [1.54, 1.807) is 12.1 Å². The van der Waals surface area contributed by atoms with Gasteiger partial charge in [-0.2, -0.15) is 0 Å². The summed E-state index contributed by atoms with van der Waals surface area (Å²) in [7, 11) is 0. The summed E-state index contributed by atoms with van der Waals surface area (Å²) in [5, 5.41) is 28.8. The van der Waals surface area contributed by atoms with Crippen molar-refractivity contribution in [2.24, 2.45) is 5.73 Å². The van der Waals surface area contributed by atoms with Gasteiger partial charge in [-0.1, -0.05) is 11.6 Å². The molecule has 2 rings (SSSR count). The number of aliphatic hydroxyl groups is 2. The molecule has 0 saturated carbocycles. The minimum Gasteiger partial charge on any atom is -0.493 e. The number of anilines is 1. The third-order valence-corrected chi connectivity index (χ3v) is 3.59. The predicted octanol–water partition coefficient (Wildman–Crippen LogP) is 1.36. The van der Waals surface area contributed by atoms with Crippen molar-refractivity contribution in [2.45, 2.75) is 18.9 Å². The molecule has 0 amide bonds. The summed E-state index contributed by atoms with van der Waals surface area (Å²) in [6.45, 7) is 0.327. The maximum Gasteiger partial charge on any atom is 0.122 e. The number of aliphatic hydroxyl groups excluding tert-OH is 2. The van der Waals surface area contributed by atoms with Crippen molar-refractivity contribution in [2.75, 3.05) is 25.1 Å². The molecule has 23 heavy (non-hydrogen) atoms. The second kappa shape index (κ2) is 8.36. The van der Waals surface area contributed by atoms with Crippen molar-refractivity contribution >= 4 is 11.5 Å². The monoisotopic (exact) mass is 317 g/mol.